The number of alkyl halides is 3. The number of fused-ring (bicyclic) bond motifs is 1. The van der Waals surface area contributed by atoms with Crippen LogP contribution in [0.5, 0.6) is 0 Å². The summed E-state index contributed by atoms with van der Waals surface area (Å²) in [7, 11) is 0. The minimum Gasteiger partial charge on any atom is -0.436 e. The first kappa shape index (κ1) is 13.4. The molecule has 0 spiro atoms. The van der Waals surface area contributed by atoms with Crippen molar-refractivity contribution in [3.8, 4) is 11.5 Å². The van der Waals surface area contributed by atoms with E-state index < -0.39 is 17.6 Å². The fourth-order valence-electron chi connectivity index (χ4n) is 1.96. The van der Waals surface area contributed by atoms with E-state index in [2.05, 4.69) is 4.98 Å². The van der Waals surface area contributed by atoms with Gasteiger partial charge in [0.25, 0.3) is 0 Å². The molecule has 0 aliphatic rings. The maximum atomic E-state index is 13.1. The van der Waals surface area contributed by atoms with Crippen LogP contribution in [0.4, 0.5) is 23.2 Å². The molecule has 3 nitrogen and oxygen atoms in total. The van der Waals surface area contributed by atoms with Gasteiger partial charge in [-0.1, -0.05) is 0 Å². The Balaban J connectivity index is 2.16. The van der Waals surface area contributed by atoms with Crippen molar-refractivity contribution >= 4 is 16.8 Å². The highest BCUT2D eigenvalue weighted by Crippen LogP contribution is 2.34. The molecule has 0 aliphatic carbocycles. The van der Waals surface area contributed by atoms with Crippen LogP contribution in [0.1, 0.15) is 5.56 Å². The van der Waals surface area contributed by atoms with Crippen LogP contribution in [0.25, 0.3) is 22.6 Å². The van der Waals surface area contributed by atoms with Gasteiger partial charge < -0.3 is 10.2 Å². The normalized spacial score (nSPS) is 12.0. The summed E-state index contributed by atoms with van der Waals surface area (Å²) in [6, 6.07) is 6.70. The fourth-order valence-corrected chi connectivity index (χ4v) is 1.96. The molecule has 108 valence electrons. The molecular formula is C14H8F4N2O. The van der Waals surface area contributed by atoms with Gasteiger partial charge in [-0.15, -0.1) is 0 Å². The van der Waals surface area contributed by atoms with Gasteiger partial charge in [-0.2, -0.15) is 13.2 Å². The first-order valence-corrected chi connectivity index (χ1v) is 5.87. The quantitative estimate of drug-likeness (QED) is 0.540. The molecular weight excluding hydrogens is 288 g/mol. The number of benzene rings is 2. The summed E-state index contributed by atoms with van der Waals surface area (Å²) in [6.45, 7) is 0. The molecule has 0 unspecified atom stereocenters. The minimum atomic E-state index is -4.53. The van der Waals surface area contributed by atoms with Crippen LogP contribution in [-0.4, -0.2) is 4.98 Å². The van der Waals surface area contributed by atoms with E-state index >= 15 is 0 Å². The van der Waals surface area contributed by atoms with Crippen LogP contribution in [0, 0.1) is 5.82 Å². The predicted molar refractivity (Wildman–Crippen MR) is 68.8 cm³/mol. The highest BCUT2D eigenvalue weighted by Gasteiger charge is 2.31. The van der Waals surface area contributed by atoms with Crippen LogP contribution < -0.4 is 5.73 Å². The van der Waals surface area contributed by atoms with Crippen molar-refractivity contribution in [2.24, 2.45) is 0 Å². The van der Waals surface area contributed by atoms with E-state index in [-0.39, 0.29) is 28.2 Å². The first-order chi connectivity index (χ1) is 9.83. The zero-order chi connectivity index (χ0) is 15.2. The zero-order valence-corrected chi connectivity index (χ0v) is 10.4. The maximum absolute atomic E-state index is 13.1. The van der Waals surface area contributed by atoms with Crippen molar-refractivity contribution in [1.82, 2.24) is 4.98 Å². The van der Waals surface area contributed by atoms with Gasteiger partial charge in [0, 0.05) is 17.3 Å². The molecule has 1 heterocycles. The molecule has 0 bridgehead atoms. The van der Waals surface area contributed by atoms with Crippen molar-refractivity contribution in [3.05, 3.63) is 47.8 Å². The third kappa shape index (κ3) is 2.54. The lowest BCUT2D eigenvalue weighted by atomic mass is 10.1. The van der Waals surface area contributed by atoms with Gasteiger partial charge in [0.1, 0.15) is 11.3 Å². The van der Waals surface area contributed by atoms with E-state index in [4.69, 9.17) is 10.2 Å². The molecule has 0 saturated carbocycles. The number of oxazole rings is 1. The van der Waals surface area contributed by atoms with Gasteiger partial charge in [0.05, 0.1) is 5.56 Å². The van der Waals surface area contributed by atoms with Gasteiger partial charge >= 0.3 is 6.18 Å². The third-order valence-electron chi connectivity index (χ3n) is 2.88. The molecule has 1 aromatic heterocycles. The third-order valence-corrected chi connectivity index (χ3v) is 2.88. The lowest BCUT2D eigenvalue weighted by Gasteiger charge is -2.08. The van der Waals surface area contributed by atoms with Crippen molar-refractivity contribution in [1.29, 1.82) is 0 Å². The average molecular weight is 296 g/mol. The van der Waals surface area contributed by atoms with E-state index in [9.17, 15) is 17.6 Å². The summed E-state index contributed by atoms with van der Waals surface area (Å²) in [5.74, 6) is -0.556. The van der Waals surface area contributed by atoms with Crippen molar-refractivity contribution < 1.29 is 22.0 Å². The number of anilines is 1. The Kier molecular flexibility index (Phi) is 2.86. The highest BCUT2D eigenvalue weighted by molar-refractivity contribution is 5.77. The first-order valence-electron chi connectivity index (χ1n) is 5.87. The van der Waals surface area contributed by atoms with Crippen molar-refractivity contribution in [2.45, 2.75) is 6.18 Å². The number of nitrogens with zero attached hydrogens (tertiary/aromatic N) is 1. The maximum Gasteiger partial charge on any atom is 0.416 e. The molecule has 3 aromatic rings. The molecule has 0 aliphatic heterocycles. The van der Waals surface area contributed by atoms with Gasteiger partial charge in [0.2, 0.25) is 5.89 Å². The van der Waals surface area contributed by atoms with Crippen LogP contribution in [0.15, 0.2) is 40.8 Å². The topological polar surface area (TPSA) is 52.0 Å². The van der Waals surface area contributed by atoms with E-state index in [0.29, 0.717) is 0 Å². The number of aromatic nitrogens is 1. The fraction of sp³-hybridized carbons (Fsp3) is 0.0714. The Morgan fingerprint density at radius 3 is 2.52 bits per heavy atom. The van der Waals surface area contributed by atoms with E-state index in [0.717, 1.165) is 18.2 Å². The van der Waals surface area contributed by atoms with Crippen LogP contribution in [0.2, 0.25) is 0 Å². The SMILES string of the molecule is Nc1cc(-c2nc3cc(F)ccc3o2)cc(C(F)(F)F)c1. The molecule has 0 atom stereocenters. The molecule has 0 radical (unpaired) electrons. The lowest BCUT2D eigenvalue weighted by molar-refractivity contribution is -0.137. The van der Waals surface area contributed by atoms with Crippen LogP contribution in [-0.2, 0) is 6.18 Å². The number of nitrogens with two attached hydrogens (primary N) is 1. The van der Waals surface area contributed by atoms with E-state index in [1.807, 2.05) is 0 Å². The average Bonchev–Trinajstić information content (AvgIpc) is 2.80. The second-order valence-electron chi connectivity index (χ2n) is 4.47. The molecule has 3 rings (SSSR count). The monoisotopic (exact) mass is 296 g/mol. The Morgan fingerprint density at radius 2 is 1.81 bits per heavy atom. The van der Waals surface area contributed by atoms with Gasteiger partial charge in [-0.3, -0.25) is 0 Å². The van der Waals surface area contributed by atoms with Gasteiger partial charge in [0.15, 0.2) is 5.58 Å². The Bertz CT molecular complexity index is 823. The smallest absolute Gasteiger partial charge is 0.416 e. The molecule has 7 heteroatoms. The van der Waals surface area contributed by atoms with Gasteiger partial charge in [-0.25, -0.2) is 9.37 Å². The summed E-state index contributed by atoms with van der Waals surface area (Å²) >= 11 is 0. The zero-order valence-electron chi connectivity index (χ0n) is 10.4. The number of nitrogen functional groups attached to an aromatic ring is 1. The number of halogens is 4. The largest absolute Gasteiger partial charge is 0.436 e. The summed E-state index contributed by atoms with van der Waals surface area (Å²) < 4.78 is 56.7. The second-order valence-corrected chi connectivity index (χ2v) is 4.47. The molecule has 2 aromatic carbocycles. The highest BCUT2D eigenvalue weighted by atomic mass is 19.4. The van der Waals surface area contributed by atoms with Crippen LogP contribution >= 0.6 is 0 Å². The molecule has 21 heavy (non-hydrogen) atoms. The predicted octanol–water partition coefficient (Wildman–Crippen LogP) is 4.23. The van der Waals surface area contributed by atoms with E-state index in [1.165, 1.54) is 18.2 Å². The lowest BCUT2D eigenvalue weighted by Crippen LogP contribution is -2.06. The van der Waals surface area contributed by atoms with Crippen LogP contribution in [0.3, 0.4) is 0 Å². The summed E-state index contributed by atoms with van der Waals surface area (Å²) in [6.07, 6.45) is -4.53. The standard InChI is InChI=1S/C14H8F4N2O/c15-9-1-2-12-11(6-9)20-13(21-12)7-3-8(14(16,17)18)5-10(19)4-7/h1-6H,19H2. The summed E-state index contributed by atoms with van der Waals surface area (Å²) in [4.78, 5) is 3.98. The second kappa shape index (κ2) is 4.47. The minimum absolute atomic E-state index is 0.0478. The molecule has 2 N–H and O–H groups in total. The van der Waals surface area contributed by atoms with E-state index in [1.54, 1.807) is 0 Å². The molecule has 0 amide bonds. The Morgan fingerprint density at radius 1 is 1.05 bits per heavy atom. The van der Waals surface area contributed by atoms with Crippen molar-refractivity contribution in [3.63, 3.8) is 0 Å². The summed E-state index contributed by atoms with van der Waals surface area (Å²) in [5.41, 5.74) is 5.11. The number of rotatable bonds is 1. The Labute approximate surface area is 116 Å². The molecule has 0 fully saturated rings. The number of hydrogen-bond acceptors (Lipinski definition) is 3. The molecule has 0 saturated heterocycles. The Hall–Kier alpha value is -2.57. The van der Waals surface area contributed by atoms with Gasteiger partial charge in [-0.05, 0) is 30.3 Å². The van der Waals surface area contributed by atoms with Crippen molar-refractivity contribution in [2.75, 3.05) is 5.73 Å². The summed E-state index contributed by atoms with van der Waals surface area (Å²) in [5, 5.41) is 0. The number of hydrogen-bond donors (Lipinski definition) is 1.